The molecule has 6 N–H and O–H groups in total. The van der Waals surface area contributed by atoms with Crippen molar-refractivity contribution in [2.24, 2.45) is 10.7 Å². The third kappa shape index (κ3) is 6.05. The summed E-state index contributed by atoms with van der Waals surface area (Å²) >= 11 is 0. The molecule has 1 saturated heterocycles. The fourth-order valence-corrected chi connectivity index (χ4v) is 4.87. The van der Waals surface area contributed by atoms with Crippen LogP contribution in [0, 0.1) is 0 Å². The number of hydrogen-bond donors (Lipinski definition) is 5. The van der Waals surface area contributed by atoms with Crippen molar-refractivity contribution in [1.29, 1.82) is 0 Å². The highest BCUT2D eigenvalue weighted by Crippen LogP contribution is 2.45. The van der Waals surface area contributed by atoms with Crippen LogP contribution in [0.4, 0.5) is 0 Å². The van der Waals surface area contributed by atoms with Crippen LogP contribution in [-0.2, 0) is 23.4 Å². The number of amides is 1. The molecule has 13 heteroatoms. The van der Waals surface area contributed by atoms with E-state index in [0.717, 1.165) is 0 Å². The molecule has 0 saturated carbocycles. The molecule has 2 aliphatic heterocycles. The lowest BCUT2D eigenvalue weighted by Gasteiger charge is -2.24. The molecule has 2 aliphatic rings. The Labute approximate surface area is 189 Å². The van der Waals surface area contributed by atoms with Crippen molar-refractivity contribution in [2.45, 2.75) is 50.2 Å². The van der Waals surface area contributed by atoms with E-state index in [1.165, 1.54) is 19.1 Å². The average Bonchev–Trinajstić information content (AvgIpc) is 3.06. The molecule has 1 amide bonds. The first-order valence-corrected chi connectivity index (χ1v) is 11.7. The average molecular weight is 483 g/mol. The number of nitrogens with one attached hydrogen (secondary N) is 1. The normalized spacial score (nSPS) is 27.7. The van der Waals surface area contributed by atoms with Crippen molar-refractivity contribution in [2.75, 3.05) is 6.61 Å². The molecule has 1 unspecified atom stereocenters. The quantitative estimate of drug-likeness (QED) is 0.290. The third-order valence-corrected chi connectivity index (χ3v) is 6.74. The van der Waals surface area contributed by atoms with Gasteiger partial charge in [0.05, 0.1) is 12.3 Å². The molecule has 33 heavy (non-hydrogen) atoms. The maximum Gasteiger partial charge on any atom is 0.459 e. The molecule has 0 aliphatic carbocycles. The monoisotopic (exact) mass is 483 g/mol. The fraction of sp³-hybridized carbons (Fsp3) is 0.450. The number of primary amides is 1. The van der Waals surface area contributed by atoms with E-state index in [1.807, 2.05) is 0 Å². The largest absolute Gasteiger partial charge is 0.480 e. The Hall–Kier alpha value is -2.60. The predicted molar refractivity (Wildman–Crippen MR) is 115 cm³/mol. The molecule has 0 aromatic heterocycles. The minimum atomic E-state index is -4.25. The highest BCUT2D eigenvalue weighted by Gasteiger charge is 2.47. The number of aliphatic imine (C=N–C) groups is 1. The lowest BCUT2D eigenvalue weighted by Crippen LogP contribution is -2.37. The Morgan fingerprint density at radius 1 is 1.30 bits per heavy atom. The van der Waals surface area contributed by atoms with Crippen molar-refractivity contribution < 1.29 is 43.3 Å². The molecule has 180 valence electrons. The number of aliphatic hydroxyl groups excluding tert-OH is 2. The molecule has 1 aromatic rings. The summed E-state index contributed by atoms with van der Waals surface area (Å²) in [4.78, 5) is 27.1. The van der Waals surface area contributed by atoms with Crippen LogP contribution in [0.5, 0.6) is 5.75 Å². The van der Waals surface area contributed by atoms with E-state index >= 15 is 0 Å². The zero-order valence-electron chi connectivity index (χ0n) is 17.7. The lowest BCUT2D eigenvalue weighted by atomic mass is 9.98. The Bertz CT molecular complexity index is 984. The van der Waals surface area contributed by atoms with Gasteiger partial charge in [-0.3, -0.25) is 19.1 Å². The molecule has 1 fully saturated rings. The van der Waals surface area contributed by atoms with E-state index in [0.29, 0.717) is 12.8 Å². The summed E-state index contributed by atoms with van der Waals surface area (Å²) in [6.45, 7) is 0.730. The van der Waals surface area contributed by atoms with Crippen molar-refractivity contribution in [3.63, 3.8) is 0 Å². The second-order valence-electron chi connectivity index (χ2n) is 7.54. The summed E-state index contributed by atoms with van der Waals surface area (Å²) in [5.41, 5.74) is 5.70. The van der Waals surface area contributed by atoms with Crippen LogP contribution in [0.3, 0.4) is 0 Å². The van der Waals surface area contributed by atoms with Crippen molar-refractivity contribution in [3.05, 3.63) is 41.6 Å². The van der Waals surface area contributed by atoms with Crippen molar-refractivity contribution >= 4 is 25.8 Å². The fourth-order valence-electron chi connectivity index (χ4n) is 3.36. The van der Waals surface area contributed by atoms with Gasteiger partial charge in [-0.25, -0.2) is 4.57 Å². The number of ether oxygens (including phenoxy) is 1. The number of aliphatic hydroxyl groups is 2. The Morgan fingerprint density at radius 2 is 2.00 bits per heavy atom. The molecule has 12 nitrogen and oxygen atoms in total. The van der Waals surface area contributed by atoms with Crippen LogP contribution in [0.1, 0.15) is 19.8 Å². The first-order chi connectivity index (χ1) is 15.6. The highest BCUT2D eigenvalue weighted by atomic mass is 31.2. The minimum Gasteiger partial charge on any atom is -0.480 e. The summed E-state index contributed by atoms with van der Waals surface area (Å²) in [6.07, 6.45) is -2.92. The SMILES string of the molecule is C[C@H](NP(=O)(OC[C@H]1O[C@H](C2=C(C(N)=O)CCC=N2)[C@H](O)[C@@H]1O)Oc1ccccc1)C(=O)O. The second-order valence-corrected chi connectivity index (χ2v) is 9.24. The number of carboxylic acids is 1. The molecular formula is C20H26N3O9P. The number of nitrogens with two attached hydrogens (primary N) is 1. The number of benzene rings is 1. The maximum atomic E-state index is 13.3. The smallest absolute Gasteiger partial charge is 0.459 e. The van der Waals surface area contributed by atoms with Gasteiger partial charge in [-0.1, -0.05) is 18.2 Å². The van der Waals surface area contributed by atoms with Gasteiger partial charge >= 0.3 is 13.7 Å². The van der Waals surface area contributed by atoms with Crippen LogP contribution in [0.2, 0.25) is 0 Å². The first kappa shape index (κ1) is 25.0. The van der Waals surface area contributed by atoms with Gasteiger partial charge in [0.25, 0.3) is 0 Å². The highest BCUT2D eigenvalue weighted by molar-refractivity contribution is 7.52. The zero-order chi connectivity index (χ0) is 24.2. The van der Waals surface area contributed by atoms with Crippen molar-refractivity contribution in [3.8, 4) is 5.75 Å². The molecular weight excluding hydrogens is 457 g/mol. The van der Waals surface area contributed by atoms with Crippen LogP contribution in [-0.4, -0.2) is 70.5 Å². The van der Waals surface area contributed by atoms with Gasteiger partial charge < -0.3 is 30.3 Å². The molecule has 0 spiro atoms. The summed E-state index contributed by atoms with van der Waals surface area (Å²) in [7, 11) is -4.25. The topological polar surface area (TPSA) is 190 Å². The Kier molecular flexibility index (Phi) is 8.01. The Morgan fingerprint density at radius 3 is 2.64 bits per heavy atom. The van der Waals surface area contributed by atoms with Crippen LogP contribution in [0.25, 0.3) is 0 Å². The molecule has 3 rings (SSSR count). The van der Waals surface area contributed by atoms with Crippen molar-refractivity contribution in [1.82, 2.24) is 5.09 Å². The van der Waals surface area contributed by atoms with Gasteiger partial charge in [-0.15, -0.1) is 0 Å². The number of carboxylic acid groups (broad SMARTS) is 1. The summed E-state index contributed by atoms with van der Waals surface area (Å²) in [5.74, 6) is -1.84. The second kappa shape index (κ2) is 10.6. The van der Waals surface area contributed by atoms with Gasteiger partial charge in [-0.05, 0) is 31.9 Å². The van der Waals surface area contributed by atoms with Gasteiger partial charge in [0.15, 0.2) is 0 Å². The molecule has 0 radical (unpaired) electrons. The minimum absolute atomic E-state index is 0.115. The van der Waals surface area contributed by atoms with Crippen LogP contribution >= 0.6 is 7.75 Å². The number of aliphatic carboxylic acids is 1. The number of carbonyl (C=O) groups is 2. The molecule has 6 atom stereocenters. The Balaban J connectivity index is 1.76. The van der Waals surface area contributed by atoms with Gasteiger partial charge in [0.1, 0.15) is 36.2 Å². The standard InChI is InChI=1S/C20H26N3O9P/c1-11(20(27)28)23-33(29,32-12-6-3-2-4-7-12)30-10-14-16(24)17(25)18(31-14)15-13(19(21)26)8-5-9-22-15/h2-4,6-7,9,11,14,16-18,24-25H,5,8,10H2,1H3,(H2,21,26)(H,23,29)(H,27,28)/t11-,14+,16+,17+,18+,33?/m0/s1. The van der Waals surface area contributed by atoms with Crippen LogP contribution in [0.15, 0.2) is 46.6 Å². The van der Waals surface area contributed by atoms with Gasteiger partial charge in [0.2, 0.25) is 5.91 Å². The third-order valence-electron chi connectivity index (χ3n) is 5.09. The number of rotatable bonds is 10. The van der Waals surface area contributed by atoms with E-state index in [-0.39, 0.29) is 17.0 Å². The predicted octanol–water partition coefficient (Wildman–Crippen LogP) is 0.346. The number of carbonyl (C=O) groups excluding carboxylic acids is 1. The summed E-state index contributed by atoms with van der Waals surface area (Å²) < 4.78 is 29.7. The van der Waals surface area contributed by atoms with E-state index in [9.17, 15) is 24.4 Å². The molecule has 1 aromatic carbocycles. The summed E-state index contributed by atoms with van der Waals surface area (Å²) in [5, 5.41) is 32.4. The molecule has 2 heterocycles. The lowest BCUT2D eigenvalue weighted by molar-refractivity contribution is -0.138. The first-order valence-electron chi connectivity index (χ1n) is 10.2. The van der Waals surface area contributed by atoms with Gasteiger partial charge in [-0.2, -0.15) is 5.09 Å². The number of para-hydroxylation sites is 1. The van der Waals surface area contributed by atoms with E-state index in [4.69, 9.17) is 24.6 Å². The van der Waals surface area contributed by atoms with Crippen LogP contribution < -0.4 is 15.3 Å². The zero-order valence-corrected chi connectivity index (χ0v) is 18.6. The summed E-state index contributed by atoms with van der Waals surface area (Å²) in [6, 6.07) is 6.68. The maximum absolute atomic E-state index is 13.3. The van der Waals surface area contributed by atoms with E-state index < -0.39 is 56.7 Å². The number of nitrogens with zero attached hydrogens (tertiary/aromatic N) is 1. The van der Waals surface area contributed by atoms with Gasteiger partial charge in [0, 0.05) is 11.8 Å². The molecule has 0 bridgehead atoms. The van der Waals surface area contributed by atoms with E-state index in [1.54, 1.807) is 24.4 Å². The van der Waals surface area contributed by atoms with E-state index in [2.05, 4.69) is 10.1 Å². The number of hydrogen-bond acceptors (Lipinski definition) is 9.